The monoisotopic (exact) mass is 250 g/mol. The van der Waals surface area contributed by atoms with E-state index < -0.39 is 0 Å². The van der Waals surface area contributed by atoms with E-state index in [4.69, 9.17) is 0 Å². The Morgan fingerprint density at radius 2 is 1.78 bits per heavy atom. The lowest BCUT2D eigenvalue weighted by molar-refractivity contribution is 0.0672. The summed E-state index contributed by atoms with van der Waals surface area (Å²) in [5.41, 5.74) is 0. The van der Waals surface area contributed by atoms with Gasteiger partial charge in [0.25, 0.3) is 0 Å². The van der Waals surface area contributed by atoms with Crippen LogP contribution in [0.5, 0.6) is 0 Å². The summed E-state index contributed by atoms with van der Waals surface area (Å²) in [7, 11) is 0. The van der Waals surface area contributed by atoms with Gasteiger partial charge in [0.2, 0.25) is 0 Å². The fraction of sp³-hybridized carbons (Fsp3) is 1.00. The zero-order valence-electron chi connectivity index (χ0n) is 12.0. The quantitative estimate of drug-likeness (QED) is 0.825. The predicted octanol–water partition coefficient (Wildman–Crippen LogP) is 3.03. The van der Waals surface area contributed by atoms with Crippen LogP contribution in [0.25, 0.3) is 0 Å². The van der Waals surface area contributed by atoms with Gasteiger partial charge >= 0.3 is 0 Å². The van der Waals surface area contributed by atoms with Gasteiger partial charge in [-0.2, -0.15) is 0 Å². The highest BCUT2D eigenvalue weighted by atomic mass is 15.2. The summed E-state index contributed by atoms with van der Waals surface area (Å²) < 4.78 is 0. The molecular formula is C16H30N2. The lowest BCUT2D eigenvalue weighted by atomic mass is 9.82. The smallest absolute Gasteiger partial charge is 0.0249 e. The predicted molar refractivity (Wildman–Crippen MR) is 76.7 cm³/mol. The van der Waals surface area contributed by atoms with Gasteiger partial charge in [-0.15, -0.1) is 0 Å². The van der Waals surface area contributed by atoms with Crippen LogP contribution in [0.1, 0.15) is 58.3 Å². The second kappa shape index (κ2) is 5.92. The number of nitrogens with one attached hydrogen (secondary N) is 1. The largest absolute Gasteiger partial charge is 0.311 e. The molecule has 0 bridgehead atoms. The fourth-order valence-electron chi connectivity index (χ4n) is 4.20. The Labute approximate surface area is 113 Å². The van der Waals surface area contributed by atoms with Crippen LogP contribution >= 0.6 is 0 Å². The molecule has 0 radical (unpaired) electrons. The van der Waals surface area contributed by atoms with Crippen LogP contribution in [0.2, 0.25) is 0 Å². The Kier molecular flexibility index (Phi) is 4.25. The van der Waals surface area contributed by atoms with Gasteiger partial charge in [-0.25, -0.2) is 0 Å². The van der Waals surface area contributed by atoms with Crippen molar-refractivity contribution in [3.63, 3.8) is 0 Å². The molecule has 0 aromatic heterocycles. The van der Waals surface area contributed by atoms with E-state index in [0.29, 0.717) is 0 Å². The number of rotatable bonds is 4. The highest BCUT2D eigenvalue weighted by Crippen LogP contribution is 2.36. The number of hydrogen-bond acceptors (Lipinski definition) is 2. The zero-order valence-corrected chi connectivity index (χ0v) is 12.0. The maximum atomic E-state index is 3.88. The standard InChI is InChI=1S/C16H30N2/c1-2-10-18-12-15(13-8-9-13)17-11-16(18)14-6-4-3-5-7-14/h13-17H,2-12H2,1H3. The maximum absolute atomic E-state index is 3.88. The second-order valence-electron chi connectivity index (χ2n) is 6.81. The van der Waals surface area contributed by atoms with Crippen LogP contribution < -0.4 is 5.32 Å². The van der Waals surface area contributed by atoms with Gasteiger partial charge in [-0.05, 0) is 50.5 Å². The first-order chi connectivity index (χ1) is 8.88. The number of nitrogens with zero attached hydrogens (tertiary/aromatic N) is 1. The van der Waals surface area contributed by atoms with Gasteiger partial charge in [-0.1, -0.05) is 26.2 Å². The SMILES string of the molecule is CCCN1CC(C2CC2)NCC1C1CCCCC1. The van der Waals surface area contributed by atoms with Gasteiger partial charge in [0.15, 0.2) is 0 Å². The third-order valence-corrected chi connectivity index (χ3v) is 5.39. The van der Waals surface area contributed by atoms with E-state index in [2.05, 4.69) is 17.1 Å². The number of hydrogen-bond donors (Lipinski definition) is 1. The van der Waals surface area contributed by atoms with E-state index in [0.717, 1.165) is 23.9 Å². The van der Waals surface area contributed by atoms with Gasteiger partial charge in [0.1, 0.15) is 0 Å². The molecule has 0 amide bonds. The van der Waals surface area contributed by atoms with Crippen LogP contribution in [-0.4, -0.2) is 36.6 Å². The van der Waals surface area contributed by atoms with Crippen LogP contribution in [0.15, 0.2) is 0 Å². The minimum atomic E-state index is 0.816. The second-order valence-corrected chi connectivity index (χ2v) is 6.81. The molecule has 2 unspecified atom stereocenters. The van der Waals surface area contributed by atoms with E-state index in [9.17, 15) is 0 Å². The van der Waals surface area contributed by atoms with E-state index in [1.807, 2.05) is 0 Å². The molecule has 0 aromatic carbocycles. The minimum absolute atomic E-state index is 0.816. The summed E-state index contributed by atoms with van der Waals surface area (Å²) in [6.07, 6.45) is 11.7. The van der Waals surface area contributed by atoms with Crippen molar-refractivity contribution in [3.05, 3.63) is 0 Å². The van der Waals surface area contributed by atoms with Gasteiger partial charge in [0.05, 0.1) is 0 Å². The van der Waals surface area contributed by atoms with Crippen molar-refractivity contribution in [2.75, 3.05) is 19.6 Å². The average molecular weight is 250 g/mol. The van der Waals surface area contributed by atoms with Gasteiger partial charge in [0, 0.05) is 25.2 Å². The average Bonchev–Trinajstić information content (AvgIpc) is 3.24. The molecular weight excluding hydrogens is 220 g/mol. The Hall–Kier alpha value is -0.0800. The first-order valence-electron chi connectivity index (χ1n) is 8.36. The van der Waals surface area contributed by atoms with Crippen LogP contribution in [0.3, 0.4) is 0 Å². The third kappa shape index (κ3) is 2.91. The molecule has 2 atom stereocenters. The van der Waals surface area contributed by atoms with Crippen molar-refractivity contribution in [2.45, 2.75) is 70.4 Å². The Bertz CT molecular complexity index is 256. The highest BCUT2D eigenvalue weighted by Gasteiger charge is 2.39. The topological polar surface area (TPSA) is 15.3 Å². The summed E-state index contributed by atoms with van der Waals surface area (Å²) >= 11 is 0. The molecule has 2 saturated carbocycles. The van der Waals surface area contributed by atoms with Gasteiger partial charge in [-0.3, -0.25) is 4.90 Å². The Morgan fingerprint density at radius 1 is 1.00 bits per heavy atom. The molecule has 2 aliphatic carbocycles. The first kappa shape index (κ1) is 12.9. The van der Waals surface area contributed by atoms with E-state index in [1.165, 1.54) is 71.0 Å². The molecule has 0 aromatic rings. The summed E-state index contributed by atoms with van der Waals surface area (Å²) in [5.74, 6) is 2.00. The Morgan fingerprint density at radius 3 is 2.44 bits per heavy atom. The molecule has 0 spiro atoms. The Balaban J connectivity index is 1.60. The lowest BCUT2D eigenvalue weighted by Gasteiger charge is -2.45. The van der Waals surface area contributed by atoms with E-state index >= 15 is 0 Å². The lowest BCUT2D eigenvalue weighted by Crippen LogP contribution is -2.59. The molecule has 3 rings (SSSR count). The maximum Gasteiger partial charge on any atom is 0.0249 e. The van der Waals surface area contributed by atoms with Crippen molar-refractivity contribution in [1.82, 2.24) is 10.2 Å². The summed E-state index contributed by atoms with van der Waals surface area (Å²) in [6, 6.07) is 1.66. The van der Waals surface area contributed by atoms with Crippen LogP contribution in [0, 0.1) is 11.8 Å². The molecule has 1 aliphatic heterocycles. The molecule has 1 saturated heterocycles. The minimum Gasteiger partial charge on any atom is -0.311 e. The molecule has 1 heterocycles. The molecule has 3 aliphatic rings. The summed E-state index contributed by atoms with van der Waals surface area (Å²) in [6.45, 7) is 6.27. The highest BCUT2D eigenvalue weighted by molar-refractivity contribution is 4.96. The zero-order chi connectivity index (χ0) is 12.4. The summed E-state index contributed by atoms with van der Waals surface area (Å²) in [4.78, 5) is 2.84. The van der Waals surface area contributed by atoms with Gasteiger partial charge < -0.3 is 5.32 Å². The fourth-order valence-corrected chi connectivity index (χ4v) is 4.20. The van der Waals surface area contributed by atoms with Crippen molar-refractivity contribution in [3.8, 4) is 0 Å². The van der Waals surface area contributed by atoms with Crippen molar-refractivity contribution >= 4 is 0 Å². The third-order valence-electron chi connectivity index (χ3n) is 5.39. The molecule has 18 heavy (non-hydrogen) atoms. The molecule has 3 fully saturated rings. The van der Waals surface area contributed by atoms with Crippen LogP contribution in [-0.2, 0) is 0 Å². The molecule has 2 heteroatoms. The summed E-state index contributed by atoms with van der Waals surface area (Å²) in [5, 5.41) is 3.88. The van der Waals surface area contributed by atoms with Crippen molar-refractivity contribution in [1.29, 1.82) is 0 Å². The van der Waals surface area contributed by atoms with Crippen molar-refractivity contribution in [2.24, 2.45) is 11.8 Å². The molecule has 1 N–H and O–H groups in total. The first-order valence-corrected chi connectivity index (χ1v) is 8.36. The number of piperazine rings is 1. The normalized spacial score (nSPS) is 35.8. The molecule has 104 valence electrons. The van der Waals surface area contributed by atoms with E-state index in [1.54, 1.807) is 0 Å². The van der Waals surface area contributed by atoms with Crippen molar-refractivity contribution < 1.29 is 0 Å². The van der Waals surface area contributed by atoms with Crippen LogP contribution in [0.4, 0.5) is 0 Å². The molecule has 2 nitrogen and oxygen atoms in total. The van der Waals surface area contributed by atoms with E-state index in [-0.39, 0.29) is 0 Å².